The summed E-state index contributed by atoms with van der Waals surface area (Å²) in [5.41, 5.74) is -1.06. The Morgan fingerprint density at radius 2 is 1.81 bits per heavy atom. The maximum absolute atomic E-state index is 12.9. The van der Waals surface area contributed by atoms with Gasteiger partial charge in [-0.05, 0) is 61.9 Å². The topological polar surface area (TPSA) is 63.2 Å². The van der Waals surface area contributed by atoms with Crippen molar-refractivity contribution in [3.05, 3.63) is 51.5 Å². The largest absolute Gasteiger partial charge is 0.480 e. The molecule has 0 unspecified atom stereocenters. The summed E-state index contributed by atoms with van der Waals surface area (Å²) in [6.07, 6.45) is -1.36. The molecule has 10 heteroatoms. The van der Waals surface area contributed by atoms with Gasteiger partial charge in [-0.15, -0.1) is 0 Å². The Morgan fingerprint density at radius 3 is 2.45 bits per heavy atom. The number of alkyl halides is 3. The number of nitrogens with one attached hydrogen (secondary N) is 2. The number of benzene rings is 1. The summed E-state index contributed by atoms with van der Waals surface area (Å²) in [5.74, 6) is 0.811. The predicted octanol–water partition coefficient (Wildman–Crippen LogP) is 5.82. The van der Waals surface area contributed by atoms with Gasteiger partial charge < -0.3 is 15.4 Å². The second-order valence-electron chi connectivity index (χ2n) is 7.45. The van der Waals surface area contributed by atoms with Crippen molar-refractivity contribution in [1.82, 2.24) is 10.3 Å². The van der Waals surface area contributed by atoms with Crippen molar-refractivity contribution in [2.75, 3.05) is 19.0 Å². The number of nitrogens with zero attached hydrogens (tertiary/aromatic N) is 1. The van der Waals surface area contributed by atoms with Crippen LogP contribution in [0.3, 0.4) is 0 Å². The monoisotopic (exact) mass is 475 g/mol. The second-order valence-corrected chi connectivity index (χ2v) is 8.27. The Labute approximate surface area is 188 Å². The van der Waals surface area contributed by atoms with Gasteiger partial charge in [0.25, 0.3) is 5.91 Å². The first-order valence-corrected chi connectivity index (χ1v) is 10.5. The lowest BCUT2D eigenvalue weighted by molar-refractivity contribution is -0.137. The number of anilines is 1. The molecule has 1 aliphatic carbocycles. The van der Waals surface area contributed by atoms with E-state index in [-0.39, 0.29) is 16.6 Å². The number of amides is 1. The summed E-state index contributed by atoms with van der Waals surface area (Å²) < 4.78 is 43.9. The van der Waals surface area contributed by atoms with Crippen molar-refractivity contribution < 1.29 is 22.7 Å². The molecule has 1 amide bonds. The maximum Gasteiger partial charge on any atom is 0.416 e. The number of carbonyl (C=O) groups is 1. The van der Waals surface area contributed by atoms with Crippen LogP contribution in [-0.4, -0.2) is 30.6 Å². The third kappa shape index (κ3) is 6.17. The van der Waals surface area contributed by atoms with E-state index < -0.39 is 17.6 Å². The number of carbonyl (C=O) groups excluding carboxylic acids is 1. The zero-order valence-electron chi connectivity index (χ0n) is 16.7. The van der Waals surface area contributed by atoms with E-state index in [2.05, 4.69) is 15.6 Å². The minimum absolute atomic E-state index is 0.00530. The van der Waals surface area contributed by atoms with Gasteiger partial charge in [0.2, 0.25) is 5.88 Å². The van der Waals surface area contributed by atoms with E-state index in [1.165, 1.54) is 7.11 Å². The molecule has 0 atom stereocenters. The highest BCUT2D eigenvalue weighted by Crippen LogP contribution is 2.32. The normalized spacial score (nSPS) is 19.0. The first kappa shape index (κ1) is 23.5. The molecule has 1 aliphatic rings. The zero-order chi connectivity index (χ0) is 22.6. The highest BCUT2D eigenvalue weighted by Gasteiger charge is 2.32. The van der Waals surface area contributed by atoms with Crippen LogP contribution in [-0.2, 0) is 6.18 Å². The quantitative estimate of drug-likeness (QED) is 0.552. The van der Waals surface area contributed by atoms with Crippen LogP contribution < -0.4 is 15.4 Å². The number of ether oxygens (including phenoxy) is 1. The summed E-state index contributed by atoms with van der Waals surface area (Å²) in [7, 11) is 1.50. The van der Waals surface area contributed by atoms with E-state index in [0.29, 0.717) is 29.2 Å². The van der Waals surface area contributed by atoms with Crippen LogP contribution in [0.2, 0.25) is 10.0 Å². The summed E-state index contributed by atoms with van der Waals surface area (Å²) in [6.45, 7) is 0.706. The average molecular weight is 476 g/mol. The van der Waals surface area contributed by atoms with Crippen LogP contribution in [0, 0.1) is 5.92 Å². The van der Waals surface area contributed by atoms with Crippen LogP contribution in [0.5, 0.6) is 5.88 Å². The molecule has 2 aromatic rings. The molecule has 2 N–H and O–H groups in total. The molecule has 0 bridgehead atoms. The van der Waals surface area contributed by atoms with Gasteiger partial charge in [0, 0.05) is 12.6 Å². The summed E-state index contributed by atoms with van der Waals surface area (Å²) in [4.78, 5) is 16.8. The Kier molecular flexibility index (Phi) is 7.54. The molecule has 0 spiro atoms. The fraction of sp³-hybridized carbons (Fsp3) is 0.429. The predicted molar refractivity (Wildman–Crippen MR) is 114 cm³/mol. The molecule has 1 saturated carbocycles. The molecule has 1 heterocycles. The minimum Gasteiger partial charge on any atom is -0.480 e. The van der Waals surface area contributed by atoms with Crippen LogP contribution in [0.25, 0.3) is 0 Å². The van der Waals surface area contributed by atoms with E-state index in [1.54, 1.807) is 12.1 Å². The zero-order valence-corrected chi connectivity index (χ0v) is 18.2. The SMILES string of the molecule is COc1nc(NC[C@H]2CC[C@H](NC(=O)c3cc(C(F)(F)F)ccc3Cl)CC2)ccc1Cl. The van der Waals surface area contributed by atoms with Gasteiger partial charge in [0.15, 0.2) is 0 Å². The lowest BCUT2D eigenvalue weighted by atomic mass is 9.86. The fourth-order valence-electron chi connectivity index (χ4n) is 3.56. The average Bonchev–Trinajstić information content (AvgIpc) is 2.73. The number of aromatic nitrogens is 1. The van der Waals surface area contributed by atoms with E-state index in [0.717, 1.165) is 43.9 Å². The fourth-order valence-corrected chi connectivity index (χ4v) is 3.95. The van der Waals surface area contributed by atoms with Gasteiger partial charge in [0.1, 0.15) is 10.8 Å². The standard InChI is InChI=1S/C21H22Cl2F3N3O2/c1-31-20-17(23)8-9-18(29-20)27-11-12-2-5-14(6-3-12)28-19(30)15-10-13(21(24,25)26)4-7-16(15)22/h4,7-10,12,14H,2-3,5-6,11H2,1H3,(H,27,29)(H,28,30)/t12-,14-. The van der Waals surface area contributed by atoms with Crippen LogP contribution in [0.4, 0.5) is 19.0 Å². The van der Waals surface area contributed by atoms with Crippen molar-refractivity contribution >= 4 is 34.9 Å². The second kappa shape index (κ2) is 9.96. The first-order valence-electron chi connectivity index (χ1n) is 9.79. The molecule has 168 valence electrons. The van der Waals surface area contributed by atoms with Crippen LogP contribution in [0.1, 0.15) is 41.6 Å². The molecule has 1 aromatic heterocycles. The third-order valence-corrected chi connectivity index (χ3v) is 5.92. The van der Waals surface area contributed by atoms with Gasteiger partial charge in [-0.1, -0.05) is 23.2 Å². The van der Waals surface area contributed by atoms with Crippen molar-refractivity contribution in [2.24, 2.45) is 5.92 Å². The number of rotatable bonds is 6. The first-order chi connectivity index (χ1) is 14.7. The van der Waals surface area contributed by atoms with Gasteiger partial charge in [-0.2, -0.15) is 18.2 Å². The van der Waals surface area contributed by atoms with E-state index in [1.807, 2.05) is 0 Å². The number of hydrogen-bond acceptors (Lipinski definition) is 4. The highest BCUT2D eigenvalue weighted by molar-refractivity contribution is 6.33. The number of halogens is 5. The van der Waals surface area contributed by atoms with E-state index in [4.69, 9.17) is 27.9 Å². The van der Waals surface area contributed by atoms with E-state index in [9.17, 15) is 18.0 Å². The van der Waals surface area contributed by atoms with Crippen molar-refractivity contribution in [3.63, 3.8) is 0 Å². The number of methoxy groups -OCH3 is 1. The highest BCUT2D eigenvalue weighted by atomic mass is 35.5. The van der Waals surface area contributed by atoms with Crippen LogP contribution in [0.15, 0.2) is 30.3 Å². The van der Waals surface area contributed by atoms with Gasteiger partial charge in [0.05, 0.1) is 23.3 Å². The maximum atomic E-state index is 12.9. The molecule has 1 fully saturated rings. The Bertz CT molecular complexity index is 933. The lowest BCUT2D eigenvalue weighted by Gasteiger charge is -2.29. The van der Waals surface area contributed by atoms with Crippen molar-refractivity contribution in [2.45, 2.75) is 37.9 Å². The minimum atomic E-state index is -4.53. The summed E-state index contributed by atoms with van der Waals surface area (Å²) >= 11 is 11.9. The smallest absolute Gasteiger partial charge is 0.416 e. The molecule has 0 radical (unpaired) electrons. The van der Waals surface area contributed by atoms with Gasteiger partial charge in [-0.3, -0.25) is 4.79 Å². The molecule has 0 aliphatic heterocycles. The molecule has 5 nitrogen and oxygen atoms in total. The number of pyridine rings is 1. The Morgan fingerprint density at radius 1 is 1.13 bits per heavy atom. The van der Waals surface area contributed by atoms with Gasteiger partial charge in [-0.25, -0.2) is 0 Å². The molecule has 1 aromatic carbocycles. The summed E-state index contributed by atoms with van der Waals surface area (Å²) in [5, 5.41) is 6.51. The van der Waals surface area contributed by atoms with E-state index >= 15 is 0 Å². The molecule has 0 saturated heterocycles. The Balaban J connectivity index is 1.51. The summed E-state index contributed by atoms with van der Waals surface area (Å²) in [6, 6.07) is 6.13. The van der Waals surface area contributed by atoms with Crippen molar-refractivity contribution in [3.8, 4) is 5.88 Å². The molecular formula is C21H22Cl2F3N3O2. The molecular weight excluding hydrogens is 454 g/mol. The lowest BCUT2D eigenvalue weighted by Crippen LogP contribution is -2.38. The van der Waals surface area contributed by atoms with Crippen molar-refractivity contribution in [1.29, 1.82) is 0 Å². The molecule has 3 rings (SSSR count). The number of hydrogen-bond donors (Lipinski definition) is 2. The van der Waals surface area contributed by atoms with Gasteiger partial charge >= 0.3 is 6.18 Å². The Hall–Kier alpha value is -2.19. The van der Waals surface area contributed by atoms with Crippen LogP contribution >= 0.6 is 23.2 Å². The third-order valence-electron chi connectivity index (χ3n) is 5.30. The molecule has 31 heavy (non-hydrogen) atoms.